The van der Waals surface area contributed by atoms with E-state index in [-0.39, 0.29) is 17.3 Å². The molecule has 0 spiro atoms. The summed E-state index contributed by atoms with van der Waals surface area (Å²) in [5.41, 5.74) is 2.56. The predicted molar refractivity (Wildman–Crippen MR) is 125 cm³/mol. The van der Waals surface area contributed by atoms with Crippen molar-refractivity contribution in [2.24, 2.45) is 0 Å². The first-order valence-corrected chi connectivity index (χ1v) is 12.2. The zero-order chi connectivity index (χ0) is 22.9. The van der Waals surface area contributed by atoms with Crippen LogP contribution in [0.25, 0.3) is 0 Å². The number of aromatic nitrogens is 2. The molecule has 1 saturated heterocycles. The molecular weight excluding hydrogens is 421 g/mol. The number of piperazine rings is 1. The van der Waals surface area contributed by atoms with Crippen LogP contribution in [0.1, 0.15) is 66.7 Å². The number of nitrogens with zero attached hydrogens (tertiary/aromatic N) is 3. The monoisotopic (exact) mass is 453 g/mol. The molecule has 8 heteroatoms. The van der Waals surface area contributed by atoms with Crippen molar-refractivity contribution in [2.45, 2.75) is 63.5 Å². The van der Waals surface area contributed by atoms with E-state index in [1.807, 2.05) is 13.0 Å². The fourth-order valence-electron chi connectivity index (χ4n) is 5.20. The lowest BCUT2D eigenvalue weighted by Gasteiger charge is -2.39. The van der Waals surface area contributed by atoms with E-state index in [1.165, 1.54) is 6.07 Å². The molecule has 0 radical (unpaired) electrons. The van der Waals surface area contributed by atoms with Gasteiger partial charge in [0.15, 0.2) is 11.5 Å². The number of nitrogens with one attached hydrogen (secondary N) is 2. The number of aryl methyl sites for hydroxylation is 1. The van der Waals surface area contributed by atoms with Crippen LogP contribution >= 0.6 is 0 Å². The number of rotatable bonds is 6. The summed E-state index contributed by atoms with van der Waals surface area (Å²) in [4.78, 5) is 36.2. The molecule has 1 amide bonds. The Labute approximate surface area is 193 Å². The number of carbonyl (C=O) groups is 1. The van der Waals surface area contributed by atoms with Crippen molar-refractivity contribution in [2.75, 3.05) is 31.1 Å². The SMILES string of the molecule is CCc1ccc([C@@H]2CC[C@H](N3CCN(c4cnc(C(=O)NC5CC5)c(F)c4)CC3)C2)[nH]c1=O. The molecule has 0 bridgehead atoms. The Hall–Kier alpha value is -2.74. The van der Waals surface area contributed by atoms with Crippen LogP contribution in [-0.4, -0.2) is 59.0 Å². The van der Waals surface area contributed by atoms with Gasteiger partial charge >= 0.3 is 0 Å². The molecule has 0 unspecified atom stereocenters. The Balaban J connectivity index is 1.16. The number of H-pyrrole nitrogens is 1. The minimum Gasteiger partial charge on any atom is -0.368 e. The van der Waals surface area contributed by atoms with E-state index < -0.39 is 11.7 Å². The Morgan fingerprint density at radius 2 is 1.97 bits per heavy atom. The fraction of sp³-hybridized carbons (Fsp3) is 0.560. The third-order valence-electron chi connectivity index (χ3n) is 7.39. The summed E-state index contributed by atoms with van der Waals surface area (Å²) >= 11 is 0. The molecule has 2 N–H and O–H groups in total. The molecule has 2 aromatic rings. The fourth-order valence-corrected chi connectivity index (χ4v) is 5.20. The zero-order valence-corrected chi connectivity index (χ0v) is 19.1. The van der Waals surface area contributed by atoms with Crippen molar-refractivity contribution in [3.8, 4) is 0 Å². The van der Waals surface area contributed by atoms with Gasteiger partial charge in [0, 0.05) is 61.5 Å². The van der Waals surface area contributed by atoms with Crippen molar-refractivity contribution in [1.29, 1.82) is 0 Å². The maximum absolute atomic E-state index is 14.5. The van der Waals surface area contributed by atoms with Crippen molar-refractivity contribution in [3.05, 3.63) is 57.5 Å². The van der Waals surface area contributed by atoms with Gasteiger partial charge in [-0.15, -0.1) is 0 Å². The molecule has 1 aliphatic heterocycles. The summed E-state index contributed by atoms with van der Waals surface area (Å²) in [6.45, 7) is 5.43. The summed E-state index contributed by atoms with van der Waals surface area (Å²) in [5.74, 6) is -0.582. The maximum atomic E-state index is 14.5. The first kappa shape index (κ1) is 22.1. The third kappa shape index (κ3) is 4.81. The van der Waals surface area contributed by atoms with Crippen LogP contribution in [0.4, 0.5) is 10.1 Å². The lowest BCUT2D eigenvalue weighted by Crippen LogP contribution is -2.49. The number of anilines is 1. The lowest BCUT2D eigenvalue weighted by atomic mass is 10.0. The Bertz CT molecular complexity index is 1070. The number of hydrogen-bond acceptors (Lipinski definition) is 5. The van der Waals surface area contributed by atoms with Gasteiger partial charge in [-0.05, 0) is 44.6 Å². The molecule has 3 aliphatic rings. The minimum atomic E-state index is -0.560. The summed E-state index contributed by atoms with van der Waals surface area (Å²) in [5, 5.41) is 2.79. The predicted octanol–water partition coefficient (Wildman–Crippen LogP) is 2.82. The second-order valence-corrected chi connectivity index (χ2v) is 9.58. The Kier molecular flexibility index (Phi) is 6.19. The average Bonchev–Trinajstić information content (AvgIpc) is 3.50. The molecule has 0 aromatic carbocycles. The first-order chi connectivity index (χ1) is 16.0. The topological polar surface area (TPSA) is 81.3 Å². The highest BCUT2D eigenvalue weighted by molar-refractivity contribution is 5.93. The van der Waals surface area contributed by atoms with Crippen LogP contribution in [0, 0.1) is 5.82 Å². The molecule has 33 heavy (non-hydrogen) atoms. The number of halogens is 1. The van der Waals surface area contributed by atoms with E-state index in [9.17, 15) is 14.0 Å². The van der Waals surface area contributed by atoms with Gasteiger partial charge < -0.3 is 15.2 Å². The average molecular weight is 454 g/mol. The molecular formula is C25H32FN5O2. The van der Waals surface area contributed by atoms with Gasteiger partial charge in [0.05, 0.1) is 11.9 Å². The Morgan fingerprint density at radius 3 is 2.64 bits per heavy atom. The number of aromatic amines is 1. The van der Waals surface area contributed by atoms with E-state index in [1.54, 1.807) is 6.20 Å². The molecule has 2 saturated carbocycles. The van der Waals surface area contributed by atoms with Gasteiger partial charge in [-0.25, -0.2) is 9.37 Å². The zero-order valence-electron chi connectivity index (χ0n) is 19.1. The minimum absolute atomic E-state index is 0.0453. The van der Waals surface area contributed by atoms with Crippen molar-refractivity contribution in [1.82, 2.24) is 20.2 Å². The highest BCUT2D eigenvalue weighted by Gasteiger charge is 2.33. The third-order valence-corrected chi connectivity index (χ3v) is 7.39. The highest BCUT2D eigenvalue weighted by atomic mass is 19.1. The molecule has 3 fully saturated rings. The largest absolute Gasteiger partial charge is 0.368 e. The molecule has 7 nitrogen and oxygen atoms in total. The van der Waals surface area contributed by atoms with E-state index >= 15 is 0 Å². The van der Waals surface area contributed by atoms with Crippen molar-refractivity contribution < 1.29 is 9.18 Å². The smallest absolute Gasteiger partial charge is 0.273 e. The summed E-state index contributed by atoms with van der Waals surface area (Å²) < 4.78 is 14.5. The molecule has 3 heterocycles. The van der Waals surface area contributed by atoms with Crippen LogP contribution in [0.5, 0.6) is 0 Å². The molecule has 5 rings (SSSR count). The summed E-state index contributed by atoms with van der Waals surface area (Å²) in [6.07, 6.45) is 7.56. The van der Waals surface area contributed by atoms with Crippen LogP contribution in [-0.2, 0) is 6.42 Å². The molecule has 176 valence electrons. The van der Waals surface area contributed by atoms with Gasteiger partial charge in [-0.2, -0.15) is 0 Å². The van der Waals surface area contributed by atoms with E-state index in [4.69, 9.17) is 0 Å². The van der Waals surface area contributed by atoms with E-state index in [0.29, 0.717) is 12.0 Å². The highest BCUT2D eigenvalue weighted by Crippen LogP contribution is 2.36. The van der Waals surface area contributed by atoms with Gasteiger partial charge in [-0.3, -0.25) is 14.5 Å². The van der Waals surface area contributed by atoms with Crippen molar-refractivity contribution in [3.63, 3.8) is 0 Å². The van der Waals surface area contributed by atoms with Gasteiger partial charge in [0.1, 0.15) is 0 Å². The standard InChI is InChI=1S/C25H32FN5O2/c1-2-16-4-8-22(29-24(16)32)17-3-7-19(13-17)30-9-11-31(12-10-30)20-14-21(26)23(27-15-20)25(33)28-18-5-6-18/h4,8,14-15,17-19H,2-3,5-7,9-13H2,1H3,(H,28,33)(H,29,32)/t17-,19+/m1/s1. The lowest BCUT2D eigenvalue weighted by molar-refractivity contribution is 0.0941. The van der Waals surface area contributed by atoms with Crippen LogP contribution in [0.3, 0.4) is 0 Å². The number of pyridine rings is 2. The second kappa shape index (κ2) is 9.25. The van der Waals surface area contributed by atoms with Gasteiger partial charge in [0.2, 0.25) is 0 Å². The molecule has 2 aromatic heterocycles. The number of carbonyl (C=O) groups excluding carboxylic acids is 1. The summed E-state index contributed by atoms with van der Waals surface area (Å²) in [7, 11) is 0. The van der Waals surface area contributed by atoms with Crippen LogP contribution < -0.4 is 15.8 Å². The molecule has 2 aliphatic carbocycles. The Morgan fingerprint density at radius 1 is 1.18 bits per heavy atom. The first-order valence-electron chi connectivity index (χ1n) is 12.2. The van der Waals surface area contributed by atoms with E-state index in [2.05, 4.69) is 31.2 Å². The van der Waals surface area contributed by atoms with Crippen LogP contribution in [0.15, 0.2) is 29.2 Å². The van der Waals surface area contributed by atoms with E-state index in [0.717, 1.165) is 81.6 Å². The van der Waals surface area contributed by atoms with Crippen molar-refractivity contribution >= 4 is 11.6 Å². The summed E-state index contributed by atoms with van der Waals surface area (Å²) in [6, 6.07) is 6.18. The van der Waals surface area contributed by atoms with Gasteiger partial charge in [0.25, 0.3) is 11.5 Å². The molecule has 2 atom stereocenters. The quantitative estimate of drug-likeness (QED) is 0.703. The second-order valence-electron chi connectivity index (χ2n) is 9.58. The normalized spacial score (nSPS) is 23.6. The van der Waals surface area contributed by atoms with Crippen LogP contribution in [0.2, 0.25) is 0 Å². The number of amides is 1. The maximum Gasteiger partial charge on any atom is 0.273 e. The van der Waals surface area contributed by atoms with Gasteiger partial charge in [-0.1, -0.05) is 13.0 Å². The number of hydrogen-bond donors (Lipinski definition) is 2.